The number of hydrogen-bond acceptors (Lipinski definition) is 8. The molecule has 10 heteroatoms. The molecule has 0 spiro atoms. The molecule has 0 saturated carbocycles. The minimum absolute atomic E-state index is 0.190. The van der Waals surface area contributed by atoms with Crippen LogP contribution in [0.5, 0.6) is 0 Å². The summed E-state index contributed by atoms with van der Waals surface area (Å²) in [6, 6.07) is 5.48. The number of carboxylic acid groups (broad SMARTS) is 2. The molecule has 24 heavy (non-hydrogen) atoms. The molecule has 0 bridgehead atoms. The number of carbonyl (C=O) groups is 2. The maximum atomic E-state index is 10.5. The highest BCUT2D eigenvalue weighted by atomic mass is 16.6. The SMILES string of the molecule is COC(O)CO.COC(O)CO.O=C(O)c1ccccc1C(=O)O. The lowest BCUT2D eigenvalue weighted by Crippen LogP contribution is -2.12. The summed E-state index contributed by atoms with van der Waals surface area (Å²) in [6.07, 6.45) is -2.02. The van der Waals surface area contributed by atoms with E-state index in [0.29, 0.717) is 0 Å². The predicted molar refractivity (Wildman–Crippen MR) is 80.6 cm³/mol. The number of aliphatic hydroxyl groups excluding tert-OH is 4. The summed E-state index contributed by atoms with van der Waals surface area (Å²) < 4.78 is 8.41. The van der Waals surface area contributed by atoms with E-state index < -0.39 is 24.5 Å². The van der Waals surface area contributed by atoms with Crippen LogP contribution >= 0.6 is 0 Å². The van der Waals surface area contributed by atoms with Gasteiger partial charge in [-0.15, -0.1) is 0 Å². The third kappa shape index (κ3) is 11.5. The highest BCUT2D eigenvalue weighted by Crippen LogP contribution is 2.07. The van der Waals surface area contributed by atoms with Crippen molar-refractivity contribution in [2.75, 3.05) is 27.4 Å². The van der Waals surface area contributed by atoms with Crippen LogP contribution in [0.25, 0.3) is 0 Å². The normalized spacial score (nSPS) is 11.9. The molecule has 0 radical (unpaired) electrons. The highest BCUT2D eigenvalue weighted by molar-refractivity contribution is 6.01. The Morgan fingerprint density at radius 1 is 0.875 bits per heavy atom. The van der Waals surface area contributed by atoms with Gasteiger partial charge in [-0.25, -0.2) is 9.59 Å². The van der Waals surface area contributed by atoms with Crippen molar-refractivity contribution in [2.45, 2.75) is 12.6 Å². The molecule has 1 aromatic carbocycles. The highest BCUT2D eigenvalue weighted by Gasteiger charge is 2.13. The van der Waals surface area contributed by atoms with E-state index in [1.165, 1.54) is 38.5 Å². The Labute approximate surface area is 138 Å². The second-order valence-corrected chi connectivity index (χ2v) is 3.90. The Bertz CT molecular complexity index is 425. The minimum Gasteiger partial charge on any atom is -0.478 e. The summed E-state index contributed by atoms with van der Waals surface area (Å²) in [5.41, 5.74) is -0.380. The molecule has 6 N–H and O–H groups in total. The summed E-state index contributed by atoms with van der Waals surface area (Å²) >= 11 is 0. The lowest BCUT2D eigenvalue weighted by molar-refractivity contribution is -0.103. The molecule has 0 aliphatic heterocycles. The zero-order valence-electron chi connectivity index (χ0n) is 13.2. The van der Waals surface area contributed by atoms with E-state index in [2.05, 4.69) is 9.47 Å². The maximum absolute atomic E-state index is 10.5. The zero-order chi connectivity index (χ0) is 19.1. The number of rotatable bonds is 6. The second kappa shape index (κ2) is 14.5. The number of carboxylic acids is 2. The summed E-state index contributed by atoms with van der Waals surface area (Å²) in [4.78, 5) is 20.9. The van der Waals surface area contributed by atoms with E-state index in [1.54, 1.807) is 0 Å². The molecule has 0 aliphatic rings. The van der Waals surface area contributed by atoms with Gasteiger partial charge in [-0.05, 0) is 12.1 Å². The largest absolute Gasteiger partial charge is 0.478 e. The van der Waals surface area contributed by atoms with Crippen molar-refractivity contribution in [3.05, 3.63) is 35.4 Å². The number of aromatic carboxylic acids is 2. The van der Waals surface area contributed by atoms with Crippen LogP contribution in [0.3, 0.4) is 0 Å². The van der Waals surface area contributed by atoms with Gasteiger partial charge >= 0.3 is 11.9 Å². The Kier molecular flexibility index (Phi) is 14.6. The van der Waals surface area contributed by atoms with Gasteiger partial charge in [0.2, 0.25) is 0 Å². The van der Waals surface area contributed by atoms with Gasteiger partial charge in [-0.1, -0.05) is 12.1 Å². The van der Waals surface area contributed by atoms with Gasteiger partial charge < -0.3 is 40.1 Å². The number of methoxy groups -OCH3 is 2. The van der Waals surface area contributed by atoms with Crippen molar-refractivity contribution in [3.63, 3.8) is 0 Å². The van der Waals surface area contributed by atoms with Crippen LogP contribution in [0.2, 0.25) is 0 Å². The van der Waals surface area contributed by atoms with Gasteiger partial charge in [0.15, 0.2) is 12.6 Å². The van der Waals surface area contributed by atoms with Gasteiger partial charge in [0, 0.05) is 14.2 Å². The molecular formula is C14H22O10. The predicted octanol–water partition coefficient (Wildman–Crippen LogP) is -1.03. The van der Waals surface area contributed by atoms with E-state index in [4.69, 9.17) is 30.6 Å². The van der Waals surface area contributed by atoms with Crippen LogP contribution in [0.15, 0.2) is 24.3 Å². The molecular weight excluding hydrogens is 328 g/mol. The van der Waals surface area contributed by atoms with E-state index in [1.807, 2.05) is 0 Å². The smallest absolute Gasteiger partial charge is 0.336 e. The van der Waals surface area contributed by atoms with Crippen molar-refractivity contribution in [2.24, 2.45) is 0 Å². The van der Waals surface area contributed by atoms with E-state index >= 15 is 0 Å². The first-order chi connectivity index (χ1) is 11.2. The van der Waals surface area contributed by atoms with Crippen molar-refractivity contribution in [3.8, 4) is 0 Å². The lowest BCUT2D eigenvalue weighted by Gasteiger charge is -1.99. The Morgan fingerprint density at radius 3 is 1.29 bits per heavy atom. The average molecular weight is 350 g/mol. The van der Waals surface area contributed by atoms with Crippen molar-refractivity contribution in [1.29, 1.82) is 0 Å². The molecule has 2 unspecified atom stereocenters. The Morgan fingerprint density at radius 2 is 1.17 bits per heavy atom. The number of aliphatic hydroxyl groups is 4. The van der Waals surface area contributed by atoms with Crippen LogP contribution in [0.1, 0.15) is 20.7 Å². The van der Waals surface area contributed by atoms with Gasteiger partial charge in [0.1, 0.15) is 0 Å². The van der Waals surface area contributed by atoms with Crippen LogP contribution in [-0.2, 0) is 9.47 Å². The lowest BCUT2D eigenvalue weighted by atomic mass is 10.1. The number of hydrogen-bond donors (Lipinski definition) is 6. The molecule has 0 aromatic heterocycles. The molecule has 0 fully saturated rings. The average Bonchev–Trinajstić information content (AvgIpc) is 2.61. The quantitative estimate of drug-likeness (QED) is 0.348. The Hall–Kier alpha value is -2.08. The summed E-state index contributed by atoms with van der Waals surface area (Å²) in [6.45, 7) is -0.674. The van der Waals surface area contributed by atoms with E-state index in [0.717, 1.165) is 0 Å². The third-order valence-corrected chi connectivity index (χ3v) is 2.24. The third-order valence-electron chi connectivity index (χ3n) is 2.24. The van der Waals surface area contributed by atoms with E-state index in [9.17, 15) is 9.59 Å². The molecule has 1 aromatic rings. The van der Waals surface area contributed by atoms with Crippen LogP contribution in [0.4, 0.5) is 0 Å². The molecule has 2 atom stereocenters. The van der Waals surface area contributed by atoms with Crippen LogP contribution in [0, 0.1) is 0 Å². The Balaban J connectivity index is 0. The van der Waals surface area contributed by atoms with Gasteiger partial charge in [-0.2, -0.15) is 0 Å². The fraction of sp³-hybridized carbons (Fsp3) is 0.429. The standard InChI is InChI=1S/C8H6O4.2C3H8O3/c9-7(10)5-3-1-2-4-6(5)8(11)12;2*1-6-3(5)2-4/h1-4H,(H,9,10)(H,11,12);2*3-5H,2H2,1H3. The first kappa shape index (κ1) is 24.2. The summed E-state index contributed by atoms with van der Waals surface area (Å²) in [7, 11) is 2.64. The van der Waals surface area contributed by atoms with Crippen molar-refractivity contribution < 1.29 is 49.7 Å². The minimum atomic E-state index is -1.23. The van der Waals surface area contributed by atoms with Crippen LogP contribution < -0.4 is 0 Å². The molecule has 138 valence electrons. The van der Waals surface area contributed by atoms with Gasteiger partial charge in [0.05, 0.1) is 24.3 Å². The molecule has 10 nitrogen and oxygen atoms in total. The first-order valence-corrected chi connectivity index (χ1v) is 6.44. The summed E-state index contributed by atoms with van der Waals surface area (Å²) in [5.74, 6) is -2.46. The fourth-order valence-electron chi connectivity index (χ4n) is 1.01. The van der Waals surface area contributed by atoms with Crippen molar-refractivity contribution >= 4 is 11.9 Å². The number of ether oxygens (including phenoxy) is 2. The molecule has 1 rings (SSSR count). The first-order valence-electron chi connectivity index (χ1n) is 6.44. The maximum Gasteiger partial charge on any atom is 0.336 e. The molecule has 0 aliphatic carbocycles. The van der Waals surface area contributed by atoms with Crippen LogP contribution in [-0.4, -0.2) is 82.6 Å². The topological polar surface area (TPSA) is 174 Å². The number of benzene rings is 1. The van der Waals surface area contributed by atoms with E-state index in [-0.39, 0.29) is 24.3 Å². The zero-order valence-corrected chi connectivity index (χ0v) is 13.2. The van der Waals surface area contributed by atoms with Gasteiger partial charge in [-0.3, -0.25) is 0 Å². The molecule has 0 amide bonds. The molecule has 0 saturated heterocycles. The summed E-state index contributed by atoms with van der Waals surface area (Å²) in [5, 5.41) is 49.4. The van der Waals surface area contributed by atoms with Crippen molar-refractivity contribution in [1.82, 2.24) is 0 Å². The van der Waals surface area contributed by atoms with Gasteiger partial charge in [0.25, 0.3) is 0 Å². The second-order valence-electron chi connectivity index (χ2n) is 3.90. The monoisotopic (exact) mass is 350 g/mol. The molecule has 0 heterocycles. The fourth-order valence-corrected chi connectivity index (χ4v) is 1.01.